The molecule has 1 heterocycles. The van der Waals surface area contributed by atoms with Gasteiger partial charge in [0.15, 0.2) is 0 Å². The fraction of sp³-hybridized carbons (Fsp3) is 0.529. The Morgan fingerprint density at radius 2 is 2.04 bits per heavy atom. The molecule has 2 rings (SSSR count). The van der Waals surface area contributed by atoms with E-state index in [1.165, 1.54) is 11.0 Å². The van der Waals surface area contributed by atoms with Crippen molar-refractivity contribution >= 4 is 12.0 Å². The van der Waals surface area contributed by atoms with Gasteiger partial charge in [-0.05, 0) is 25.0 Å². The van der Waals surface area contributed by atoms with Crippen molar-refractivity contribution in [1.82, 2.24) is 10.2 Å². The standard InChI is InChI=1S/C17H23FN2O3/c1-16(2,12-6-4-5-7-13(12)18)10-19-15(23)20-9-8-17(3,11-20)14(21)22/h4-7H,8-11H2,1-3H3,(H,19,23)(H,21,22). The summed E-state index contributed by atoms with van der Waals surface area (Å²) in [5.41, 5.74) is -0.910. The molecule has 1 aromatic carbocycles. The number of hydrogen-bond acceptors (Lipinski definition) is 2. The fourth-order valence-electron chi connectivity index (χ4n) is 2.82. The molecule has 0 spiro atoms. The molecule has 0 radical (unpaired) electrons. The van der Waals surface area contributed by atoms with Crippen LogP contribution in [0.5, 0.6) is 0 Å². The predicted molar refractivity (Wildman–Crippen MR) is 84.8 cm³/mol. The molecule has 1 fully saturated rings. The molecule has 2 amide bonds. The Kier molecular flexibility index (Phi) is 4.63. The van der Waals surface area contributed by atoms with Crippen LogP contribution in [-0.4, -0.2) is 41.6 Å². The van der Waals surface area contributed by atoms with Gasteiger partial charge in [-0.25, -0.2) is 9.18 Å². The first kappa shape index (κ1) is 17.2. The third-order valence-electron chi connectivity index (χ3n) is 4.56. The number of hydrogen-bond donors (Lipinski definition) is 2. The molecule has 1 saturated heterocycles. The summed E-state index contributed by atoms with van der Waals surface area (Å²) in [6, 6.07) is 6.20. The van der Waals surface area contributed by atoms with E-state index in [2.05, 4.69) is 5.32 Å². The van der Waals surface area contributed by atoms with Crippen molar-refractivity contribution in [2.45, 2.75) is 32.6 Å². The topological polar surface area (TPSA) is 69.6 Å². The number of carboxylic acid groups (broad SMARTS) is 1. The molecular weight excluding hydrogens is 299 g/mol. The van der Waals surface area contributed by atoms with Crippen molar-refractivity contribution < 1.29 is 19.1 Å². The molecule has 1 aliphatic heterocycles. The highest BCUT2D eigenvalue weighted by Gasteiger charge is 2.42. The van der Waals surface area contributed by atoms with Gasteiger partial charge in [-0.2, -0.15) is 0 Å². The van der Waals surface area contributed by atoms with Crippen LogP contribution in [0, 0.1) is 11.2 Å². The minimum absolute atomic E-state index is 0.189. The van der Waals surface area contributed by atoms with Crippen LogP contribution in [0.25, 0.3) is 0 Å². The quantitative estimate of drug-likeness (QED) is 0.895. The molecule has 1 unspecified atom stereocenters. The van der Waals surface area contributed by atoms with Gasteiger partial charge in [-0.1, -0.05) is 32.0 Å². The van der Waals surface area contributed by atoms with E-state index >= 15 is 0 Å². The number of carbonyl (C=O) groups is 2. The minimum Gasteiger partial charge on any atom is -0.481 e. The van der Waals surface area contributed by atoms with Gasteiger partial charge < -0.3 is 15.3 Å². The van der Waals surface area contributed by atoms with Gasteiger partial charge in [-0.3, -0.25) is 4.79 Å². The summed E-state index contributed by atoms with van der Waals surface area (Å²) in [4.78, 5) is 25.0. The van der Waals surface area contributed by atoms with Crippen LogP contribution in [0.15, 0.2) is 24.3 Å². The molecule has 1 aromatic rings. The van der Waals surface area contributed by atoms with Gasteiger partial charge in [0.25, 0.3) is 0 Å². The number of urea groups is 1. The number of benzene rings is 1. The largest absolute Gasteiger partial charge is 0.481 e. The summed E-state index contributed by atoms with van der Waals surface area (Å²) >= 11 is 0. The van der Waals surface area contributed by atoms with Gasteiger partial charge in [0.05, 0.1) is 5.41 Å². The Balaban J connectivity index is 1.97. The SMILES string of the molecule is CC1(C(=O)O)CCN(C(=O)NCC(C)(C)c2ccccc2F)C1. The van der Waals surface area contributed by atoms with E-state index in [1.807, 2.05) is 13.8 Å². The van der Waals surface area contributed by atoms with Crippen LogP contribution in [0.3, 0.4) is 0 Å². The van der Waals surface area contributed by atoms with Crippen molar-refractivity contribution in [1.29, 1.82) is 0 Å². The number of halogens is 1. The first-order valence-corrected chi connectivity index (χ1v) is 7.67. The van der Waals surface area contributed by atoms with E-state index in [4.69, 9.17) is 0 Å². The fourth-order valence-corrected chi connectivity index (χ4v) is 2.82. The van der Waals surface area contributed by atoms with E-state index in [9.17, 15) is 19.1 Å². The highest BCUT2D eigenvalue weighted by molar-refractivity contribution is 5.79. The van der Waals surface area contributed by atoms with Crippen molar-refractivity contribution in [3.05, 3.63) is 35.6 Å². The van der Waals surface area contributed by atoms with E-state index in [-0.39, 0.29) is 24.9 Å². The maximum atomic E-state index is 13.9. The lowest BCUT2D eigenvalue weighted by molar-refractivity contribution is -0.147. The van der Waals surface area contributed by atoms with E-state index in [0.717, 1.165) is 0 Å². The molecule has 5 nitrogen and oxygen atoms in total. The smallest absolute Gasteiger partial charge is 0.317 e. The van der Waals surface area contributed by atoms with Crippen molar-refractivity contribution in [2.75, 3.05) is 19.6 Å². The van der Waals surface area contributed by atoms with Crippen molar-refractivity contribution in [3.8, 4) is 0 Å². The highest BCUT2D eigenvalue weighted by Crippen LogP contribution is 2.30. The Labute approximate surface area is 135 Å². The number of nitrogens with one attached hydrogen (secondary N) is 1. The lowest BCUT2D eigenvalue weighted by Crippen LogP contribution is -2.45. The van der Waals surface area contributed by atoms with Crippen LogP contribution in [-0.2, 0) is 10.2 Å². The predicted octanol–water partition coefficient (Wildman–Crippen LogP) is 2.61. The normalized spacial score (nSPS) is 21.3. The van der Waals surface area contributed by atoms with Crippen LogP contribution in [0.2, 0.25) is 0 Å². The maximum Gasteiger partial charge on any atom is 0.317 e. The molecule has 0 aromatic heterocycles. The summed E-state index contributed by atoms with van der Waals surface area (Å²) in [6.45, 7) is 6.23. The molecule has 126 valence electrons. The number of likely N-dealkylation sites (tertiary alicyclic amines) is 1. The zero-order valence-electron chi connectivity index (χ0n) is 13.7. The summed E-state index contributed by atoms with van der Waals surface area (Å²) < 4.78 is 13.9. The molecule has 0 aliphatic carbocycles. The van der Waals surface area contributed by atoms with Gasteiger partial charge in [-0.15, -0.1) is 0 Å². The molecular formula is C17H23FN2O3. The first-order chi connectivity index (χ1) is 10.7. The molecule has 0 bridgehead atoms. The summed E-state index contributed by atoms with van der Waals surface area (Å²) in [6.07, 6.45) is 0.437. The lowest BCUT2D eigenvalue weighted by Gasteiger charge is -2.28. The zero-order chi connectivity index (χ0) is 17.3. The minimum atomic E-state index is -0.890. The van der Waals surface area contributed by atoms with Crippen LogP contribution >= 0.6 is 0 Å². The number of nitrogens with zero attached hydrogens (tertiary/aromatic N) is 1. The third kappa shape index (κ3) is 3.63. The summed E-state index contributed by atoms with van der Waals surface area (Å²) in [7, 11) is 0. The second-order valence-corrected chi connectivity index (χ2v) is 7.06. The Bertz CT molecular complexity index is 618. The van der Waals surface area contributed by atoms with Crippen molar-refractivity contribution in [2.24, 2.45) is 5.41 Å². The average molecular weight is 322 g/mol. The number of aliphatic carboxylic acids is 1. The number of carbonyl (C=O) groups excluding carboxylic acids is 1. The number of rotatable bonds is 4. The Morgan fingerprint density at radius 3 is 2.61 bits per heavy atom. The van der Waals surface area contributed by atoms with Crippen LogP contribution in [0.1, 0.15) is 32.8 Å². The van der Waals surface area contributed by atoms with Crippen LogP contribution < -0.4 is 5.32 Å². The highest BCUT2D eigenvalue weighted by atomic mass is 19.1. The summed E-state index contributed by atoms with van der Waals surface area (Å²) in [5.74, 6) is -1.19. The second kappa shape index (κ2) is 6.18. The third-order valence-corrected chi connectivity index (χ3v) is 4.56. The first-order valence-electron chi connectivity index (χ1n) is 7.67. The van der Waals surface area contributed by atoms with E-state index in [1.54, 1.807) is 25.1 Å². The number of carboxylic acids is 1. The monoisotopic (exact) mass is 322 g/mol. The molecule has 1 aliphatic rings. The summed E-state index contributed by atoms with van der Waals surface area (Å²) in [5, 5.41) is 12.0. The maximum absolute atomic E-state index is 13.9. The lowest BCUT2D eigenvalue weighted by atomic mass is 9.84. The molecule has 0 saturated carbocycles. The zero-order valence-corrected chi connectivity index (χ0v) is 13.7. The van der Waals surface area contributed by atoms with Gasteiger partial charge >= 0.3 is 12.0 Å². The average Bonchev–Trinajstić information content (AvgIpc) is 2.89. The molecule has 6 heteroatoms. The molecule has 2 N–H and O–H groups in total. The molecule has 23 heavy (non-hydrogen) atoms. The Hall–Kier alpha value is -2.11. The van der Waals surface area contributed by atoms with E-state index in [0.29, 0.717) is 18.5 Å². The molecule has 1 atom stereocenters. The number of amides is 2. The van der Waals surface area contributed by atoms with Crippen molar-refractivity contribution in [3.63, 3.8) is 0 Å². The van der Waals surface area contributed by atoms with Gasteiger partial charge in [0, 0.05) is 25.0 Å². The Morgan fingerprint density at radius 1 is 1.39 bits per heavy atom. The van der Waals surface area contributed by atoms with Gasteiger partial charge in [0.1, 0.15) is 5.82 Å². The van der Waals surface area contributed by atoms with Crippen LogP contribution in [0.4, 0.5) is 9.18 Å². The van der Waals surface area contributed by atoms with Gasteiger partial charge in [0.2, 0.25) is 0 Å². The van der Waals surface area contributed by atoms with E-state index < -0.39 is 16.8 Å². The second-order valence-electron chi connectivity index (χ2n) is 7.06.